The highest BCUT2D eigenvalue weighted by atomic mass is 32.2. The van der Waals surface area contributed by atoms with Gasteiger partial charge in [0, 0.05) is 19.2 Å². The zero-order valence-corrected chi connectivity index (χ0v) is 16.0. The Morgan fingerprint density at radius 1 is 0.962 bits per heavy atom. The van der Waals surface area contributed by atoms with Crippen LogP contribution in [0.4, 0.5) is 0 Å². The van der Waals surface area contributed by atoms with Gasteiger partial charge in [0.25, 0.3) is 0 Å². The highest BCUT2D eigenvalue weighted by Crippen LogP contribution is 2.32. The van der Waals surface area contributed by atoms with Crippen molar-refractivity contribution in [1.82, 2.24) is 4.31 Å². The summed E-state index contributed by atoms with van der Waals surface area (Å²) in [4.78, 5) is 0.247. The highest BCUT2D eigenvalue weighted by molar-refractivity contribution is 7.89. The van der Waals surface area contributed by atoms with E-state index < -0.39 is 10.0 Å². The summed E-state index contributed by atoms with van der Waals surface area (Å²) < 4.78 is 37.9. The fourth-order valence-electron chi connectivity index (χ4n) is 3.43. The van der Waals surface area contributed by atoms with Gasteiger partial charge in [0.15, 0.2) is 11.5 Å². The first-order valence-electron chi connectivity index (χ1n) is 8.80. The van der Waals surface area contributed by atoms with E-state index in [0.717, 1.165) is 19.3 Å². The number of rotatable bonds is 6. The molecule has 1 aliphatic rings. The minimum absolute atomic E-state index is 0.247. The Morgan fingerprint density at radius 3 is 2.23 bits per heavy atom. The molecule has 26 heavy (non-hydrogen) atoms. The van der Waals surface area contributed by atoms with E-state index in [-0.39, 0.29) is 4.90 Å². The molecule has 2 aromatic rings. The number of sulfonamides is 1. The van der Waals surface area contributed by atoms with Gasteiger partial charge in [0.2, 0.25) is 10.0 Å². The maximum absolute atomic E-state index is 12.9. The lowest BCUT2D eigenvalue weighted by atomic mass is 9.91. The summed E-state index contributed by atoms with van der Waals surface area (Å²) in [5.41, 5.74) is 1.31. The normalized spacial score (nSPS) is 16.4. The molecule has 2 aromatic carbocycles. The van der Waals surface area contributed by atoms with Crippen molar-refractivity contribution in [2.24, 2.45) is 5.92 Å². The molecule has 0 radical (unpaired) electrons. The second kappa shape index (κ2) is 8.10. The lowest BCUT2D eigenvalue weighted by Crippen LogP contribution is -2.38. The number of hydrogen-bond acceptors (Lipinski definition) is 4. The van der Waals surface area contributed by atoms with Gasteiger partial charge in [-0.05, 0) is 42.9 Å². The van der Waals surface area contributed by atoms with Crippen molar-refractivity contribution in [1.29, 1.82) is 0 Å². The number of benzene rings is 2. The maximum Gasteiger partial charge on any atom is 0.243 e. The van der Waals surface area contributed by atoms with E-state index in [1.165, 1.54) is 25.8 Å². The Hall–Kier alpha value is -2.05. The summed E-state index contributed by atoms with van der Waals surface area (Å²) >= 11 is 0. The molecule has 0 aliphatic carbocycles. The van der Waals surface area contributed by atoms with Gasteiger partial charge in [0.1, 0.15) is 0 Å². The topological polar surface area (TPSA) is 55.8 Å². The molecule has 1 saturated heterocycles. The minimum atomic E-state index is -3.52. The molecule has 0 N–H and O–H groups in total. The molecule has 1 heterocycles. The molecule has 0 amide bonds. The molecule has 3 rings (SSSR count). The van der Waals surface area contributed by atoms with E-state index in [0.29, 0.717) is 30.5 Å². The van der Waals surface area contributed by atoms with Crippen molar-refractivity contribution in [2.75, 3.05) is 27.3 Å². The molecule has 0 unspecified atom stereocenters. The Labute approximate surface area is 155 Å². The predicted octanol–water partition coefficient (Wildman–Crippen LogP) is 3.35. The van der Waals surface area contributed by atoms with Crippen LogP contribution < -0.4 is 9.47 Å². The van der Waals surface area contributed by atoms with Crippen molar-refractivity contribution in [3.05, 3.63) is 54.1 Å². The summed E-state index contributed by atoms with van der Waals surface area (Å²) in [6, 6.07) is 15.1. The van der Waals surface area contributed by atoms with E-state index in [4.69, 9.17) is 9.47 Å². The van der Waals surface area contributed by atoms with Crippen molar-refractivity contribution in [3.63, 3.8) is 0 Å². The first kappa shape index (κ1) is 18.7. The van der Waals surface area contributed by atoms with Crippen LogP contribution in [-0.4, -0.2) is 40.0 Å². The van der Waals surface area contributed by atoms with Crippen LogP contribution in [0.3, 0.4) is 0 Å². The largest absolute Gasteiger partial charge is 0.493 e. The average Bonchev–Trinajstić information content (AvgIpc) is 2.68. The Kier molecular flexibility index (Phi) is 5.84. The van der Waals surface area contributed by atoms with Crippen LogP contribution >= 0.6 is 0 Å². The quantitative estimate of drug-likeness (QED) is 0.777. The van der Waals surface area contributed by atoms with Gasteiger partial charge in [-0.15, -0.1) is 0 Å². The smallest absolute Gasteiger partial charge is 0.243 e. The zero-order valence-electron chi connectivity index (χ0n) is 15.2. The van der Waals surface area contributed by atoms with E-state index >= 15 is 0 Å². The van der Waals surface area contributed by atoms with Crippen molar-refractivity contribution in [2.45, 2.75) is 24.2 Å². The first-order chi connectivity index (χ1) is 12.5. The van der Waals surface area contributed by atoms with Crippen molar-refractivity contribution < 1.29 is 17.9 Å². The summed E-state index contributed by atoms with van der Waals surface area (Å²) in [5, 5.41) is 0. The molecule has 6 heteroatoms. The molecular formula is C20H25NO4S. The predicted molar refractivity (Wildman–Crippen MR) is 101 cm³/mol. The third-order valence-corrected chi connectivity index (χ3v) is 6.83. The lowest BCUT2D eigenvalue weighted by molar-refractivity contribution is 0.272. The third kappa shape index (κ3) is 4.02. The van der Waals surface area contributed by atoms with E-state index in [1.807, 2.05) is 18.2 Å². The van der Waals surface area contributed by atoms with Gasteiger partial charge in [-0.2, -0.15) is 4.31 Å². The minimum Gasteiger partial charge on any atom is -0.493 e. The molecule has 0 atom stereocenters. The summed E-state index contributed by atoms with van der Waals surface area (Å²) in [6.45, 7) is 1.10. The Morgan fingerprint density at radius 2 is 1.62 bits per heavy atom. The maximum atomic E-state index is 12.9. The molecule has 0 bridgehead atoms. The number of ether oxygens (including phenoxy) is 2. The van der Waals surface area contributed by atoms with Crippen LogP contribution in [0.2, 0.25) is 0 Å². The van der Waals surface area contributed by atoms with E-state index in [2.05, 4.69) is 12.1 Å². The highest BCUT2D eigenvalue weighted by Gasteiger charge is 2.30. The van der Waals surface area contributed by atoms with Crippen LogP contribution in [0.5, 0.6) is 11.5 Å². The van der Waals surface area contributed by atoms with Gasteiger partial charge < -0.3 is 9.47 Å². The molecule has 0 aromatic heterocycles. The summed E-state index contributed by atoms with van der Waals surface area (Å²) in [7, 11) is -0.484. The van der Waals surface area contributed by atoms with Crippen LogP contribution in [0.1, 0.15) is 18.4 Å². The molecule has 0 spiro atoms. The Balaban J connectivity index is 1.68. The fraction of sp³-hybridized carbons (Fsp3) is 0.400. The second-order valence-corrected chi connectivity index (χ2v) is 8.49. The van der Waals surface area contributed by atoms with Crippen LogP contribution in [-0.2, 0) is 16.4 Å². The lowest BCUT2D eigenvalue weighted by Gasteiger charge is -2.31. The molecular weight excluding hydrogens is 350 g/mol. The van der Waals surface area contributed by atoms with E-state index in [9.17, 15) is 8.42 Å². The molecule has 1 fully saturated rings. The van der Waals surface area contributed by atoms with Gasteiger partial charge in [0.05, 0.1) is 19.1 Å². The SMILES string of the molecule is COc1ccc(S(=O)(=O)N2CCC(Cc3ccccc3)CC2)cc1OC. The van der Waals surface area contributed by atoms with Gasteiger partial charge in [-0.1, -0.05) is 30.3 Å². The Bertz CT molecular complexity index is 828. The monoisotopic (exact) mass is 375 g/mol. The number of nitrogens with zero attached hydrogens (tertiary/aromatic N) is 1. The van der Waals surface area contributed by atoms with Crippen LogP contribution in [0.25, 0.3) is 0 Å². The molecule has 140 valence electrons. The first-order valence-corrected chi connectivity index (χ1v) is 10.2. The second-order valence-electron chi connectivity index (χ2n) is 6.55. The van der Waals surface area contributed by atoms with E-state index in [1.54, 1.807) is 16.4 Å². The summed E-state index contributed by atoms with van der Waals surface area (Å²) in [6.07, 6.45) is 2.76. The standard InChI is InChI=1S/C20H25NO4S/c1-24-19-9-8-18(15-20(19)25-2)26(22,23)21-12-10-17(11-13-21)14-16-6-4-3-5-7-16/h3-9,15,17H,10-14H2,1-2H3. The zero-order chi connectivity index (χ0) is 18.6. The fourth-order valence-corrected chi connectivity index (χ4v) is 4.91. The van der Waals surface area contributed by atoms with Crippen molar-refractivity contribution in [3.8, 4) is 11.5 Å². The summed E-state index contributed by atoms with van der Waals surface area (Å²) in [5.74, 6) is 1.47. The van der Waals surface area contributed by atoms with Crippen molar-refractivity contribution >= 4 is 10.0 Å². The number of hydrogen-bond donors (Lipinski definition) is 0. The molecule has 1 aliphatic heterocycles. The van der Waals surface area contributed by atoms with Gasteiger partial charge in [-0.25, -0.2) is 8.42 Å². The third-order valence-electron chi connectivity index (χ3n) is 4.93. The average molecular weight is 375 g/mol. The molecule has 0 saturated carbocycles. The number of piperidine rings is 1. The van der Waals surface area contributed by atoms with Gasteiger partial charge in [-0.3, -0.25) is 0 Å². The number of methoxy groups -OCH3 is 2. The van der Waals surface area contributed by atoms with Crippen LogP contribution in [0, 0.1) is 5.92 Å². The van der Waals surface area contributed by atoms with Gasteiger partial charge >= 0.3 is 0 Å². The molecule has 5 nitrogen and oxygen atoms in total. The van der Waals surface area contributed by atoms with Crippen LogP contribution in [0.15, 0.2) is 53.4 Å².